The Morgan fingerprint density at radius 1 is 1.16 bits per heavy atom. The average Bonchev–Trinajstić information content (AvgIpc) is 3.16. The number of nitrogens with two attached hydrogens (primary N) is 1. The van der Waals surface area contributed by atoms with Gasteiger partial charge < -0.3 is 16.0 Å². The number of likely N-dealkylation sites (tertiary alicyclic amines) is 1. The third-order valence-corrected chi connectivity index (χ3v) is 5.07. The summed E-state index contributed by atoms with van der Waals surface area (Å²) in [6.45, 7) is 0.566. The Morgan fingerprint density at radius 3 is 2.72 bits per heavy atom. The van der Waals surface area contributed by atoms with Gasteiger partial charge in [0, 0.05) is 17.8 Å². The fourth-order valence-corrected chi connectivity index (χ4v) is 3.64. The number of carbonyl (C=O) groups excluding carboxylic acids is 3. The molecule has 1 atom stereocenters. The molecule has 1 aromatic carbocycles. The second-order valence-corrected chi connectivity index (χ2v) is 6.87. The number of carbonyl (C=O) groups is 3. The molecule has 0 spiro atoms. The molecule has 130 valence electrons. The molecule has 1 aliphatic heterocycles. The summed E-state index contributed by atoms with van der Waals surface area (Å²) in [6.07, 6.45) is 2.41. The Balaban J connectivity index is 1.76. The second kappa shape index (κ2) is 7.48. The van der Waals surface area contributed by atoms with Gasteiger partial charge in [0.15, 0.2) is 0 Å². The van der Waals surface area contributed by atoms with E-state index in [0.717, 1.165) is 12.8 Å². The van der Waals surface area contributed by atoms with Crippen LogP contribution in [0.25, 0.3) is 0 Å². The van der Waals surface area contributed by atoms with Gasteiger partial charge in [-0.25, -0.2) is 0 Å². The highest BCUT2D eigenvalue weighted by molar-refractivity contribution is 7.12. The van der Waals surface area contributed by atoms with E-state index in [4.69, 9.17) is 5.73 Å². The smallest absolute Gasteiger partial charge is 0.264 e. The van der Waals surface area contributed by atoms with Crippen molar-refractivity contribution in [3.63, 3.8) is 0 Å². The summed E-state index contributed by atoms with van der Waals surface area (Å²) in [6, 6.07) is 9.56. The Morgan fingerprint density at radius 2 is 2.00 bits per heavy atom. The van der Waals surface area contributed by atoms with Crippen molar-refractivity contribution in [1.29, 1.82) is 0 Å². The normalized spacial score (nSPS) is 17.1. The largest absolute Gasteiger partial charge is 0.366 e. The van der Waals surface area contributed by atoms with E-state index in [2.05, 4.69) is 5.32 Å². The Kier molecular flexibility index (Phi) is 5.14. The lowest BCUT2D eigenvalue weighted by molar-refractivity contribution is -0.121. The van der Waals surface area contributed by atoms with Crippen molar-refractivity contribution in [2.75, 3.05) is 11.9 Å². The minimum atomic E-state index is -0.553. The van der Waals surface area contributed by atoms with Crippen LogP contribution in [-0.4, -0.2) is 35.2 Å². The second-order valence-electron chi connectivity index (χ2n) is 5.92. The molecular formula is C18H19N3O3S. The third kappa shape index (κ3) is 3.88. The van der Waals surface area contributed by atoms with Gasteiger partial charge in [0.05, 0.1) is 4.88 Å². The first-order valence-electron chi connectivity index (χ1n) is 8.11. The minimum Gasteiger partial charge on any atom is -0.366 e. The maximum Gasteiger partial charge on any atom is 0.264 e. The van der Waals surface area contributed by atoms with Crippen molar-refractivity contribution >= 4 is 34.7 Å². The Labute approximate surface area is 149 Å². The van der Waals surface area contributed by atoms with Crippen molar-refractivity contribution in [3.05, 3.63) is 52.2 Å². The summed E-state index contributed by atoms with van der Waals surface area (Å²) in [5, 5.41) is 4.65. The number of anilines is 1. The number of nitrogens with zero attached hydrogens (tertiary/aromatic N) is 1. The highest BCUT2D eigenvalue weighted by Crippen LogP contribution is 2.23. The lowest BCUT2D eigenvalue weighted by Gasteiger charge is -2.34. The van der Waals surface area contributed by atoms with Gasteiger partial charge in [0.1, 0.15) is 6.04 Å². The summed E-state index contributed by atoms with van der Waals surface area (Å²) < 4.78 is 0. The van der Waals surface area contributed by atoms with Crippen molar-refractivity contribution in [2.24, 2.45) is 5.73 Å². The number of benzene rings is 1. The van der Waals surface area contributed by atoms with E-state index in [0.29, 0.717) is 29.1 Å². The predicted molar refractivity (Wildman–Crippen MR) is 96.6 cm³/mol. The molecule has 0 bridgehead atoms. The summed E-state index contributed by atoms with van der Waals surface area (Å²) in [7, 11) is 0. The summed E-state index contributed by atoms with van der Waals surface area (Å²) >= 11 is 1.37. The number of amides is 3. The molecule has 1 aliphatic rings. The molecule has 0 aliphatic carbocycles. The number of primary amides is 1. The number of rotatable bonds is 4. The zero-order valence-corrected chi connectivity index (χ0v) is 14.4. The minimum absolute atomic E-state index is 0.110. The van der Waals surface area contributed by atoms with E-state index < -0.39 is 11.9 Å². The van der Waals surface area contributed by atoms with Crippen molar-refractivity contribution < 1.29 is 14.4 Å². The lowest BCUT2D eigenvalue weighted by atomic mass is 10.0. The van der Waals surface area contributed by atoms with Gasteiger partial charge in [-0.3, -0.25) is 14.4 Å². The van der Waals surface area contributed by atoms with E-state index in [1.54, 1.807) is 29.2 Å². The summed E-state index contributed by atoms with van der Waals surface area (Å²) in [4.78, 5) is 38.9. The summed E-state index contributed by atoms with van der Waals surface area (Å²) in [5.74, 6) is -0.907. The molecular weight excluding hydrogens is 338 g/mol. The van der Waals surface area contributed by atoms with Crippen LogP contribution < -0.4 is 11.1 Å². The highest BCUT2D eigenvalue weighted by Gasteiger charge is 2.33. The maximum atomic E-state index is 12.7. The number of piperidine rings is 1. The van der Waals surface area contributed by atoms with E-state index in [1.165, 1.54) is 17.4 Å². The van der Waals surface area contributed by atoms with Gasteiger partial charge in [-0.05, 0) is 48.9 Å². The molecule has 3 amide bonds. The molecule has 25 heavy (non-hydrogen) atoms. The third-order valence-electron chi connectivity index (χ3n) is 4.21. The molecule has 3 N–H and O–H groups in total. The van der Waals surface area contributed by atoms with Crippen LogP contribution in [-0.2, 0) is 4.79 Å². The topological polar surface area (TPSA) is 92.5 Å². The zero-order valence-electron chi connectivity index (χ0n) is 13.6. The van der Waals surface area contributed by atoms with Gasteiger partial charge >= 0.3 is 0 Å². The van der Waals surface area contributed by atoms with Crippen LogP contribution in [0, 0.1) is 0 Å². The number of nitrogens with one attached hydrogen (secondary N) is 1. The molecule has 1 unspecified atom stereocenters. The van der Waals surface area contributed by atoms with Gasteiger partial charge in [0.2, 0.25) is 11.8 Å². The Hall–Kier alpha value is -2.67. The quantitative estimate of drug-likeness (QED) is 0.880. The van der Waals surface area contributed by atoms with Crippen LogP contribution in [0.1, 0.15) is 39.3 Å². The van der Waals surface area contributed by atoms with Crippen molar-refractivity contribution in [1.82, 2.24) is 4.90 Å². The molecule has 1 fully saturated rings. The van der Waals surface area contributed by atoms with Crippen molar-refractivity contribution in [3.8, 4) is 0 Å². The number of hydrogen-bond donors (Lipinski definition) is 2. The lowest BCUT2D eigenvalue weighted by Crippen LogP contribution is -2.49. The predicted octanol–water partition coefficient (Wildman–Crippen LogP) is 2.48. The highest BCUT2D eigenvalue weighted by atomic mass is 32.1. The molecule has 0 saturated carbocycles. The molecule has 3 rings (SSSR count). The monoisotopic (exact) mass is 357 g/mol. The molecule has 1 aromatic heterocycles. The number of hydrogen-bond acceptors (Lipinski definition) is 4. The van der Waals surface area contributed by atoms with Crippen LogP contribution in [0.5, 0.6) is 0 Å². The standard InChI is InChI=1S/C18H19N3O3S/c19-16(22)12-5-3-6-13(11-12)20-17(23)14-7-1-2-9-21(14)18(24)15-8-4-10-25-15/h3-6,8,10-11,14H,1-2,7,9H2,(H2,19,22)(H,20,23). The van der Waals surface area contributed by atoms with E-state index in [1.807, 2.05) is 11.4 Å². The fraction of sp³-hybridized carbons (Fsp3) is 0.278. The van der Waals surface area contributed by atoms with Gasteiger partial charge in [-0.1, -0.05) is 12.1 Å². The first-order chi connectivity index (χ1) is 12.1. The van der Waals surface area contributed by atoms with E-state index in [9.17, 15) is 14.4 Å². The summed E-state index contributed by atoms with van der Waals surface area (Å²) in [5.41, 5.74) is 6.09. The van der Waals surface area contributed by atoms with E-state index >= 15 is 0 Å². The van der Waals surface area contributed by atoms with Crippen LogP contribution in [0.4, 0.5) is 5.69 Å². The van der Waals surface area contributed by atoms with Gasteiger partial charge in [0.25, 0.3) is 5.91 Å². The van der Waals surface area contributed by atoms with Crippen LogP contribution in [0.2, 0.25) is 0 Å². The Bertz CT molecular complexity index is 789. The molecule has 2 aromatic rings. The molecule has 0 radical (unpaired) electrons. The first kappa shape index (κ1) is 17.2. The van der Waals surface area contributed by atoms with Crippen LogP contribution in [0.15, 0.2) is 41.8 Å². The van der Waals surface area contributed by atoms with Crippen molar-refractivity contribution in [2.45, 2.75) is 25.3 Å². The fourth-order valence-electron chi connectivity index (χ4n) is 2.96. The van der Waals surface area contributed by atoms with Crippen LogP contribution >= 0.6 is 11.3 Å². The average molecular weight is 357 g/mol. The number of thiophene rings is 1. The zero-order chi connectivity index (χ0) is 17.8. The molecule has 7 heteroatoms. The molecule has 6 nitrogen and oxygen atoms in total. The SMILES string of the molecule is NC(=O)c1cccc(NC(=O)C2CCCCN2C(=O)c2cccs2)c1. The molecule has 1 saturated heterocycles. The first-order valence-corrected chi connectivity index (χ1v) is 8.99. The van der Waals surface area contributed by atoms with E-state index in [-0.39, 0.29) is 11.8 Å². The molecule has 2 heterocycles. The maximum absolute atomic E-state index is 12.7. The van der Waals surface area contributed by atoms with Gasteiger partial charge in [-0.2, -0.15) is 0 Å². The van der Waals surface area contributed by atoms with Gasteiger partial charge in [-0.15, -0.1) is 11.3 Å². The van der Waals surface area contributed by atoms with Crippen LogP contribution in [0.3, 0.4) is 0 Å².